The molecule has 0 fully saturated rings. The van der Waals surface area contributed by atoms with Crippen LogP contribution in [0.25, 0.3) is 0 Å². The Balaban J connectivity index is 1.91. The molecule has 0 saturated carbocycles. The molecule has 9 nitrogen and oxygen atoms in total. The lowest BCUT2D eigenvalue weighted by atomic mass is 10.2. The number of carbonyl (C=O) groups is 2. The molecule has 2 rings (SSSR count). The van der Waals surface area contributed by atoms with E-state index in [1.54, 1.807) is 57.2 Å². The fraction of sp³-hybridized carbons (Fsp3) is 0.318. The molecule has 2 aromatic rings. The highest BCUT2D eigenvalue weighted by atomic mass is 35.5. The number of rotatable bonds is 9. The number of nitrogens with one attached hydrogen (secondary N) is 1. The van der Waals surface area contributed by atoms with Crippen molar-refractivity contribution in [2.24, 2.45) is 5.10 Å². The number of hydrazone groups is 1. The largest absolute Gasteiger partial charge is 0.482 e. The molecular formula is C22H26ClN3O6S. The first-order valence-corrected chi connectivity index (χ1v) is 12.1. The first-order valence-electron chi connectivity index (χ1n) is 9.83. The van der Waals surface area contributed by atoms with Crippen LogP contribution in [0.4, 0.5) is 5.69 Å². The van der Waals surface area contributed by atoms with Crippen LogP contribution in [0.1, 0.15) is 26.3 Å². The number of carbonyl (C=O) groups excluding carboxylic acids is 2. The van der Waals surface area contributed by atoms with Gasteiger partial charge < -0.3 is 9.47 Å². The van der Waals surface area contributed by atoms with Crippen LogP contribution in [0.5, 0.6) is 5.75 Å². The lowest BCUT2D eigenvalue weighted by Gasteiger charge is -2.21. The number of halogens is 1. The van der Waals surface area contributed by atoms with Crippen molar-refractivity contribution >= 4 is 45.4 Å². The molecule has 0 aliphatic rings. The number of anilines is 1. The molecule has 0 bridgehead atoms. The molecule has 178 valence electrons. The van der Waals surface area contributed by atoms with E-state index in [1.165, 1.54) is 18.3 Å². The molecule has 1 amide bonds. The van der Waals surface area contributed by atoms with Gasteiger partial charge in [-0.3, -0.25) is 9.10 Å². The van der Waals surface area contributed by atoms with Crippen LogP contribution in [0.15, 0.2) is 53.6 Å². The van der Waals surface area contributed by atoms with Gasteiger partial charge in [0, 0.05) is 5.02 Å². The zero-order valence-corrected chi connectivity index (χ0v) is 20.3. The SMILES string of the molecule is CC(C)(C)OC(=O)COc1ccc(/C=N\NC(=O)CN(c2cccc(Cl)c2)S(C)(=O)=O)cc1. The van der Waals surface area contributed by atoms with E-state index >= 15 is 0 Å². The van der Waals surface area contributed by atoms with E-state index in [1.807, 2.05) is 0 Å². The second-order valence-corrected chi connectivity index (χ2v) is 10.3. The Morgan fingerprint density at radius 1 is 1.15 bits per heavy atom. The van der Waals surface area contributed by atoms with Crippen molar-refractivity contribution < 1.29 is 27.5 Å². The van der Waals surface area contributed by atoms with Crippen LogP contribution in [0, 0.1) is 0 Å². The minimum Gasteiger partial charge on any atom is -0.482 e. The van der Waals surface area contributed by atoms with Crippen molar-refractivity contribution in [1.29, 1.82) is 0 Å². The van der Waals surface area contributed by atoms with Gasteiger partial charge in [0.1, 0.15) is 17.9 Å². The summed E-state index contributed by atoms with van der Waals surface area (Å²) in [5.41, 5.74) is 2.63. The average Bonchev–Trinajstić information content (AvgIpc) is 2.69. The lowest BCUT2D eigenvalue weighted by molar-refractivity contribution is -0.157. The number of nitrogens with zero attached hydrogens (tertiary/aromatic N) is 2. The molecule has 0 atom stereocenters. The molecule has 2 aromatic carbocycles. The average molecular weight is 496 g/mol. The standard InChI is InChI=1S/C22H26ClN3O6S/c1-22(2,3)32-21(28)15-31-19-10-8-16(9-11-19)13-24-25-20(27)14-26(33(4,29)30)18-7-5-6-17(23)12-18/h5-13H,14-15H2,1-4H3,(H,25,27)/b24-13-. The molecule has 0 unspecified atom stereocenters. The summed E-state index contributed by atoms with van der Waals surface area (Å²) in [6, 6.07) is 12.8. The molecule has 0 aliphatic heterocycles. The van der Waals surface area contributed by atoms with Crippen LogP contribution in [-0.4, -0.2) is 51.5 Å². The van der Waals surface area contributed by atoms with Crippen molar-refractivity contribution in [2.45, 2.75) is 26.4 Å². The first-order chi connectivity index (χ1) is 15.3. The van der Waals surface area contributed by atoms with Gasteiger partial charge in [-0.15, -0.1) is 0 Å². The molecule has 0 aromatic heterocycles. The Morgan fingerprint density at radius 2 is 1.82 bits per heavy atom. The maximum Gasteiger partial charge on any atom is 0.344 e. The molecule has 0 radical (unpaired) electrons. The first kappa shape index (κ1) is 26.1. The van der Waals surface area contributed by atoms with Gasteiger partial charge in [0.25, 0.3) is 5.91 Å². The molecule has 33 heavy (non-hydrogen) atoms. The number of amides is 1. The number of hydrogen-bond donors (Lipinski definition) is 1. The third-order valence-corrected chi connectivity index (χ3v) is 5.22. The van der Waals surface area contributed by atoms with Crippen molar-refractivity contribution in [1.82, 2.24) is 5.43 Å². The number of benzene rings is 2. The maximum absolute atomic E-state index is 12.2. The molecule has 0 heterocycles. The van der Waals surface area contributed by atoms with Crippen LogP contribution < -0.4 is 14.5 Å². The van der Waals surface area contributed by atoms with Gasteiger partial charge >= 0.3 is 5.97 Å². The van der Waals surface area contributed by atoms with E-state index in [0.29, 0.717) is 16.3 Å². The van der Waals surface area contributed by atoms with Crippen molar-refractivity contribution in [3.8, 4) is 5.75 Å². The molecule has 11 heteroatoms. The third kappa shape index (κ3) is 9.50. The summed E-state index contributed by atoms with van der Waals surface area (Å²) in [5, 5.41) is 4.19. The van der Waals surface area contributed by atoms with Crippen LogP contribution >= 0.6 is 11.6 Å². The minimum atomic E-state index is -3.72. The number of hydrogen-bond acceptors (Lipinski definition) is 7. The summed E-state index contributed by atoms with van der Waals surface area (Å²) in [6.45, 7) is 4.63. The van der Waals surface area contributed by atoms with Crippen molar-refractivity contribution in [3.05, 3.63) is 59.1 Å². The highest BCUT2D eigenvalue weighted by molar-refractivity contribution is 7.92. The fourth-order valence-electron chi connectivity index (χ4n) is 2.54. The van der Waals surface area contributed by atoms with Crippen molar-refractivity contribution in [2.75, 3.05) is 23.7 Å². The van der Waals surface area contributed by atoms with Crippen molar-refractivity contribution in [3.63, 3.8) is 0 Å². The number of sulfonamides is 1. The number of esters is 1. The monoisotopic (exact) mass is 495 g/mol. The second kappa shape index (κ2) is 11.2. The van der Waals surface area contributed by atoms with Crippen LogP contribution in [0.2, 0.25) is 5.02 Å². The van der Waals surface area contributed by atoms with E-state index in [9.17, 15) is 18.0 Å². The topological polar surface area (TPSA) is 114 Å². The Hall–Kier alpha value is -3.11. The minimum absolute atomic E-state index is 0.218. The van der Waals surface area contributed by atoms with Gasteiger partial charge in [0.05, 0.1) is 18.2 Å². The Labute approximate surface area is 198 Å². The summed E-state index contributed by atoms with van der Waals surface area (Å²) in [7, 11) is -3.72. The maximum atomic E-state index is 12.2. The molecular weight excluding hydrogens is 470 g/mol. The van der Waals surface area contributed by atoms with Gasteiger partial charge in [-0.2, -0.15) is 5.10 Å². The highest BCUT2D eigenvalue weighted by Crippen LogP contribution is 2.21. The predicted molar refractivity (Wildman–Crippen MR) is 127 cm³/mol. The molecule has 0 saturated heterocycles. The van der Waals surface area contributed by atoms with E-state index in [0.717, 1.165) is 10.6 Å². The van der Waals surface area contributed by atoms with E-state index in [4.69, 9.17) is 21.1 Å². The Bertz CT molecular complexity index is 1110. The normalized spacial score (nSPS) is 11.8. The van der Waals surface area contributed by atoms with E-state index in [2.05, 4.69) is 10.5 Å². The van der Waals surface area contributed by atoms with Gasteiger partial charge in [-0.25, -0.2) is 18.6 Å². The summed E-state index contributed by atoms with van der Waals surface area (Å²) < 4.78 is 35.7. The summed E-state index contributed by atoms with van der Waals surface area (Å²) >= 11 is 5.92. The van der Waals surface area contributed by atoms with E-state index in [-0.39, 0.29) is 12.3 Å². The van der Waals surface area contributed by atoms with Gasteiger partial charge in [-0.05, 0) is 68.8 Å². The molecule has 1 N–H and O–H groups in total. The quantitative estimate of drug-likeness (QED) is 0.325. The van der Waals surface area contributed by atoms with Gasteiger partial charge in [-0.1, -0.05) is 17.7 Å². The van der Waals surface area contributed by atoms with Gasteiger partial charge in [0.2, 0.25) is 10.0 Å². The van der Waals surface area contributed by atoms with Gasteiger partial charge in [0.15, 0.2) is 6.61 Å². The van der Waals surface area contributed by atoms with E-state index < -0.39 is 34.0 Å². The highest BCUT2D eigenvalue weighted by Gasteiger charge is 2.21. The summed E-state index contributed by atoms with van der Waals surface area (Å²) in [5.74, 6) is -0.641. The molecule has 0 aliphatic carbocycles. The summed E-state index contributed by atoms with van der Waals surface area (Å²) in [4.78, 5) is 23.9. The predicted octanol–water partition coefficient (Wildman–Crippen LogP) is 2.98. The smallest absolute Gasteiger partial charge is 0.344 e. The molecule has 0 spiro atoms. The zero-order valence-electron chi connectivity index (χ0n) is 18.7. The third-order valence-electron chi connectivity index (χ3n) is 3.84. The summed E-state index contributed by atoms with van der Waals surface area (Å²) in [6.07, 6.45) is 2.39. The van der Waals surface area contributed by atoms with Crippen LogP contribution in [-0.2, 0) is 24.3 Å². The lowest BCUT2D eigenvalue weighted by Crippen LogP contribution is -2.39. The van der Waals surface area contributed by atoms with Crippen LogP contribution in [0.3, 0.4) is 0 Å². The zero-order chi connectivity index (χ0) is 24.6. The Kier molecular flexibility index (Phi) is 8.84. The number of ether oxygens (including phenoxy) is 2. The Morgan fingerprint density at radius 3 is 2.39 bits per heavy atom. The fourth-order valence-corrected chi connectivity index (χ4v) is 3.57. The second-order valence-electron chi connectivity index (χ2n) is 7.99.